The summed E-state index contributed by atoms with van der Waals surface area (Å²) in [6, 6.07) is 0. The second-order valence-corrected chi connectivity index (χ2v) is 5.78. The van der Waals surface area contributed by atoms with E-state index in [1.54, 1.807) is 13.3 Å². The Morgan fingerprint density at radius 3 is 3.20 bits per heavy atom. The number of nitrogens with zero attached hydrogens (tertiary/aromatic N) is 2. The van der Waals surface area contributed by atoms with Crippen molar-refractivity contribution >= 4 is 21.6 Å². The lowest BCUT2D eigenvalue weighted by molar-refractivity contribution is 0.181. The van der Waals surface area contributed by atoms with Crippen LogP contribution in [-0.4, -0.2) is 43.1 Å². The van der Waals surface area contributed by atoms with E-state index in [2.05, 4.69) is 31.7 Å². The molecule has 0 aliphatic carbocycles. The molecule has 0 radical (unpaired) electrons. The summed E-state index contributed by atoms with van der Waals surface area (Å²) >= 11 is 3.36. The first kappa shape index (κ1) is 15.5. The Hall–Kier alpha value is -0.920. The number of hydrogen-bond acceptors (Lipinski definition) is 5. The zero-order valence-electron chi connectivity index (χ0n) is 11.7. The van der Waals surface area contributed by atoms with Gasteiger partial charge in [0.1, 0.15) is 4.47 Å². The molecule has 2 heterocycles. The average Bonchev–Trinajstić information content (AvgIpc) is 2.49. The van der Waals surface area contributed by atoms with Crippen LogP contribution in [0, 0.1) is 5.92 Å². The van der Waals surface area contributed by atoms with Gasteiger partial charge in [-0.25, -0.2) is 4.68 Å². The van der Waals surface area contributed by atoms with E-state index in [1.807, 2.05) is 0 Å². The van der Waals surface area contributed by atoms with Crippen LogP contribution in [0.2, 0.25) is 0 Å². The van der Waals surface area contributed by atoms with Gasteiger partial charge >= 0.3 is 0 Å². The van der Waals surface area contributed by atoms with Crippen LogP contribution in [-0.2, 0) is 11.3 Å². The number of rotatable bonds is 6. The molecule has 0 amide bonds. The molecule has 1 fully saturated rings. The smallest absolute Gasteiger partial charge is 0.283 e. The highest BCUT2D eigenvalue weighted by Crippen LogP contribution is 2.18. The third kappa shape index (κ3) is 4.04. The lowest BCUT2D eigenvalue weighted by Gasteiger charge is -2.23. The zero-order valence-corrected chi connectivity index (χ0v) is 13.3. The van der Waals surface area contributed by atoms with Crippen LogP contribution in [0.4, 0.5) is 5.69 Å². The Morgan fingerprint density at radius 2 is 2.50 bits per heavy atom. The first-order valence-corrected chi connectivity index (χ1v) is 7.71. The molecule has 0 saturated carbocycles. The number of hydrogen-bond donors (Lipinski definition) is 2. The van der Waals surface area contributed by atoms with Gasteiger partial charge in [-0.15, -0.1) is 0 Å². The number of ether oxygens (including phenoxy) is 1. The van der Waals surface area contributed by atoms with Gasteiger partial charge in [0.2, 0.25) is 0 Å². The summed E-state index contributed by atoms with van der Waals surface area (Å²) in [5.41, 5.74) is 0.628. The summed E-state index contributed by atoms with van der Waals surface area (Å²) in [6.45, 7) is 3.93. The Kier molecular flexibility index (Phi) is 6.00. The van der Waals surface area contributed by atoms with Gasteiger partial charge in [-0.1, -0.05) is 0 Å². The van der Waals surface area contributed by atoms with Gasteiger partial charge in [0.05, 0.1) is 25.0 Å². The van der Waals surface area contributed by atoms with Gasteiger partial charge in [-0.05, 0) is 47.8 Å². The molecule has 112 valence electrons. The lowest BCUT2D eigenvalue weighted by atomic mass is 10.00. The molecule has 2 N–H and O–H groups in total. The maximum absolute atomic E-state index is 12.1. The fraction of sp³-hybridized carbons (Fsp3) is 0.692. The van der Waals surface area contributed by atoms with Crippen molar-refractivity contribution in [2.24, 2.45) is 5.92 Å². The quantitative estimate of drug-likeness (QED) is 0.807. The van der Waals surface area contributed by atoms with Crippen molar-refractivity contribution in [2.45, 2.75) is 19.4 Å². The van der Waals surface area contributed by atoms with Crippen molar-refractivity contribution in [3.63, 3.8) is 0 Å². The average molecular weight is 345 g/mol. The maximum Gasteiger partial charge on any atom is 0.283 e. The monoisotopic (exact) mass is 344 g/mol. The fourth-order valence-electron chi connectivity index (χ4n) is 2.28. The molecule has 6 nitrogen and oxygen atoms in total. The summed E-state index contributed by atoms with van der Waals surface area (Å²) < 4.78 is 6.90. The number of methoxy groups -OCH3 is 1. The molecule has 7 heteroatoms. The van der Waals surface area contributed by atoms with Gasteiger partial charge in [0.15, 0.2) is 0 Å². The largest absolute Gasteiger partial charge is 0.383 e. The maximum atomic E-state index is 12.1. The molecule has 0 spiro atoms. The number of anilines is 1. The summed E-state index contributed by atoms with van der Waals surface area (Å²) in [6.07, 6.45) is 4.12. The molecule has 1 aliphatic rings. The van der Waals surface area contributed by atoms with E-state index < -0.39 is 0 Å². The highest BCUT2D eigenvalue weighted by Gasteiger charge is 2.14. The fourth-order valence-corrected chi connectivity index (χ4v) is 2.73. The molecule has 1 unspecified atom stereocenters. The van der Waals surface area contributed by atoms with E-state index >= 15 is 0 Å². The van der Waals surface area contributed by atoms with Crippen LogP contribution < -0.4 is 16.2 Å². The normalized spacial score (nSPS) is 19.0. The van der Waals surface area contributed by atoms with Crippen molar-refractivity contribution in [3.8, 4) is 0 Å². The van der Waals surface area contributed by atoms with E-state index in [9.17, 15) is 4.79 Å². The van der Waals surface area contributed by atoms with Crippen molar-refractivity contribution in [1.82, 2.24) is 15.1 Å². The minimum absolute atomic E-state index is 0.131. The molecular weight excluding hydrogens is 324 g/mol. The molecule has 1 aliphatic heterocycles. The Bertz CT molecular complexity index is 486. The highest BCUT2D eigenvalue weighted by atomic mass is 79.9. The molecule has 0 aromatic carbocycles. The van der Waals surface area contributed by atoms with Gasteiger partial charge in [0, 0.05) is 13.7 Å². The van der Waals surface area contributed by atoms with Crippen molar-refractivity contribution in [1.29, 1.82) is 0 Å². The third-order valence-corrected chi connectivity index (χ3v) is 4.24. The zero-order chi connectivity index (χ0) is 14.4. The Balaban J connectivity index is 1.97. The van der Waals surface area contributed by atoms with E-state index in [0.29, 0.717) is 23.5 Å². The number of aromatic nitrogens is 2. The Labute approximate surface area is 127 Å². The van der Waals surface area contributed by atoms with Crippen molar-refractivity contribution < 1.29 is 4.74 Å². The first-order valence-electron chi connectivity index (χ1n) is 6.91. The summed E-state index contributed by atoms with van der Waals surface area (Å²) in [5, 5.41) is 10.9. The molecule has 20 heavy (non-hydrogen) atoms. The van der Waals surface area contributed by atoms with Gasteiger partial charge in [-0.2, -0.15) is 5.10 Å². The molecule has 2 rings (SSSR count). The molecule has 0 bridgehead atoms. The predicted molar refractivity (Wildman–Crippen MR) is 82.2 cm³/mol. The summed E-state index contributed by atoms with van der Waals surface area (Å²) in [7, 11) is 1.61. The first-order chi connectivity index (χ1) is 9.72. The molecular formula is C13H21BrN4O2. The molecule has 1 aromatic heterocycles. The van der Waals surface area contributed by atoms with Crippen LogP contribution in [0.3, 0.4) is 0 Å². The van der Waals surface area contributed by atoms with Gasteiger partial charge < -0.3 is 15.4 Å². The SMILES string of the molecule is COCCn1ncc(NCC2CCCNC2)c(Br)c1=O. The third-order valence-electron chi connectivity index (χ3n) is 3.47. The lowest BCUT2D eigenvalue weighted by Crippen LogP contribution is -2.34. The number of nitrogens with one attached hydrogen (secondary N) is 2. The van der Waals surface area contributed by atoms with Gasteiger partial charge in [-0.3, -0.25) is 4.79 Å². The molecule has 1 atom stereocenters. The standard InChI is InChI=1S/C13H21BrN4O2/c1-20-6-5-18-13(19)12(14)11(9-17-18)16-8-10-3-2-4-15-7-10/h9-10,15-16H,2-8H2,1H3. The minimum Gasteiger partial charge on any atom is -0.383 e. The Morgan fingerprint density at radius 1 is 1.65 bits per heavy atom. The van der Waals surface area contributed by atoms with Crippen LogP contribution in [0.1, 0.15) is 12.8 Å². The van der Waals surface area contributed by atoms with E-state index in [1.165, 1.54) is 17.5 Å². The van der Waals surface area contributed by atoms with Crippen molar-refractivity contribution in [2.75, 3.05) is 38.7 Å². The second-order valence-electron chi connectivity index (χ2n) is 4.99. The van der Waals surface area contributed by atoms with Crippen LogP contribution >= 0.6 is 15.9 Å². The summed E-state index contributed by atoms with van der Waals surface area (Å²) in [5.74, 6) is 0.603. The minimum atomic E-state index is -0.131. The molecule has 1 aromatic rings. The predicted octanol–water partition coefficient (Wildman–Crippen LogP) is 1.06. The second kappa shape index (κ2) is 7.75. The van der Waals surface area contributed by atoms with E-state index in [-0.39, 0.29) is 5.56 Å². The molecule has 1 saturated heterocycles. The van der Waals surface area contributed by atoms with Crippen LogP contribution in [0.5, 0.6) is 0 Å². The van der Waals surface area contributed by atoms with E-state index in [0.717, 1.165) is 25.3 Å². The number of piperidine rings is 1. The highest BCUT2D eigenvalue weighted by molar-refractivity contribution is 9.10. The summed E-state index contributed by atoms with van der Waals surface area (Å²) in [4.78, 5) is 12.1. The van der Waals surface area contributed by atoms with Crippen molar-refractivity contribution in [3.05, 3.63) is 21.0 Å². The topological polar surface area (TPSA) is 68.2 Å². The number of halogens is 1. The van der Waals surface area contributed by atoms with Crippen LogP contribution in [0.25, 0.3) is 0 Å². The van der Waals surface area contributed by atoms with Gasteiger partial charge in [0.25, 0.3) is 5.56 Å². The van der Waals surface area contributed by atoms with Crippen LogP contribution in [0.15, 0.2) is 15.5 Å². The van der Waals surface area contributed by atoms with E-state index in [4.69, 9.17) is 4.74 Å².